The molecule has 0 amide bonds. The summed E-state index contributed by atoms with van der Waals surface area (Å²) in [6.07, 6.45) is 1.83. The molecule has 0 aliphatic carbocycles. The Kier molecular flexibility index (Phi) is 4.13. The van der Waals surface area contributed by atoms with Crippen LogP contribution in [0.3, 0.4) is 0 Å². The Labute approximate surface area is 138 Å². The maximum atomic E-state index is 9.33. The Balaban J connectivity index is 2.31. The second-order valence-corrected chi connectivity index (χ2v) is 6.06. The molecule has 0 N–H and O–H groups in total. The molecular formula is C17H15N5S. The predicted molar refractivity (Wildman–Crippen MR) is 91.8 cm³/mol. The third-order valence-corrected chi connectivity index (χ3v) is 4.25. The molecule has 0 saturated carbocycles. The largest absolute Gasteiger partial charge is 0.271 e. The molecular weight excluding hydrogens is 306 g/mol. The third kappa shape index (κ3) is 2.83. The molecule has 0 aliphatic rings. The smallest absolute Gasteiger partial charge is 0.175 e. The first-order valence-corrected chi connectivity index (χ1v) is 8.10. The van der Waals surface area contributed by atoms with Crippen molar-refractivity contribution in [1.82, 2.24) is 19.5 Å². The van der Waals surface area contributed by atoms with Crippen LogP contribution in [0.25, 0.3) is 16.9 Å². The van der Waals surface area contributed by atoms with Gasteiger partial charge in [-0.3, -0.25) is 4.57 Å². The zero-order chi connectivity index (χ0) is 16.4. The maximum Gasteiger partial charge on any atom is 0.175 e. The van der Waals surface area contributed by atoms with E-state index in [-0.39, 0.29) is 0 Å². The van der Waals surface area contributed by atoms with Gasteiger partial charge in [-0.2, -0.15) is 5.26 Å². The molecule has 2 aromatic heterocycles. The van der Waals surface area contributed by atoms with Crippen LogP contribution >= 0.6 is 11.8 Å². The number of aryl methyl sites for hydroxylation is 2. The van der Waals surface area contributed by atoms with Crippen LogP contribution in [0.15, 0.2) is 42.1 Å². The Morgan fingerprint density at radius 3 is 2.61 bits per heavy atom. The molecule has 2 heterocycles. The monoisotopic (exact) mass is 321 g/mol. The van der Waals surface area contributed by atoms with Gasteiger partial charge in [0.2, 0.25) is 0 Å². The zero-order valence-electron chi connectivity index (χ0n) is 12.9. The van der Waals surface area contributed by atoms with Crippen molar-refractivity contribution in [2.75, 3.05) is 5.75 Å². The Bertz CT molecular complexity index is 919. The number of nitrogens with zero attached hydrogens (tertiary/aromatic N) is 5. The van der Waals surface area contributed by atoms with Gasteiger partial charge in [-0.25, -0.2) is 15.0 Å². The summed E-state index contributed by atoms with van der Waals surface area (Å²) < 4.78 is 1.97. The number of aromatic nitrogens is 4. The summed E-state index contributed by atoms with van der Waals surface area (Å²) in [5, 5.41) is 10.1. The minimum Gasteiger partial charge on any atom is -0.271 e. The molecule has 114 valence electrons. The average molecular weight is 321 g/mol. The molecule has 1 aromatic carbocycles. The van der Waals surface area contributed by atoms with Crippen molar-refractivity contribution in [3.05, 3.63) is 54.0 Å². The molecule has 0 atom stereocenters. The van der Waals surface area contributed by atoms with Gasteiger partial charge in [-0.15, -0.1) is 6.58 Å². The quantitative estimate of drug-likeness (QED) is 0.543. The van der Waals surface area contributed by atoms with Gasteiger partial charge in [-0.05, 0) is 26.0 Å². The van der Waals surface area contributed by atoms with Gasteiger partial charge in [0, 0.05) is 11.4 Å². The van der Waals surface area contributed by atoms with Gasteiger partial charge in [0.1, 0.15) is 17.4 Å². The topological polar surface area (TPSA) is 67.4 Å². The van der Waals surface area contributed by atoms with Gasteiger partial charge in [-0.1, -0.05) is 35.5 Å². The van der Waals surface area contributed by atoms with Crippen molar-refractivity contribution in [2.45, 2.75) is 19.0 Å². The van der Waals surface area contributed by atoms with E-state index in [4.69, 9.17) is 0 Å². The lowest BCUT2D eigenvalue weighted by atomic mass is 10.2. The summed E-state index contributed by atoms with van der Waals surface area (Å²) in [7, 11) is 0. The van der Waals surface area contributed by atoms with E-state index < -0.39 is 0 Å². The number of benzene rings is 1. The highest BCUT2D eigenvalue weighted by atomic mass is 32.2. The number of rotatable bonds is 4. The first-order chi connectivity index (χ1) is 11.1. The molecule has 3 aromatic rings. The molecule has 3 rings (SSSR count). The van der Waals surface area contributed by atoms with Crippen LogP contribution in [0.1, 0.15) is 17.1 Å². The third-order valence-electron chi connectivity index (χ3n) is 3.32. The summed E-state index contributed by atoms with van der Waals surface area (Å²) in [5.74, 6) is 1.28. The highest BCUT2D eigenvalue weighted by molar-refractivity contribution is 7.99. The fraction of sp³-hybridized carbons (Fsp3) is 0.176. The highest BCUT2D eigenvalue weighted by Gasteiger charge is 2.18. The van der Waals surface area contributed by atoms with Gasteiger partial charge in [0.25, 0.3) is 0 Å². The van der Waals surface area contributed by atoms with Crippen LogP contribution in [0.2, 0.25) is 0 Å². The van der Waals surface area contributed by atoms with Crippen molar-refractivity contribution >= 4 is 22.9 Å². The SMILES string of the molecule is C=CCSc1nc2c(C#N)nc(C)nc2n1-c1ccc(C)cc1. The van der Waals surface area contributed by atoms with E-state index in [2.05, 4.69) is 27.6 Å². The lowest BCUT2D eigenvalue weighted by Gasteiger charge is -2.08. The first kappa shape index (κ1) is 15.3. The molecule has 0 bridgehead atoms. The van der Waals surface area contributed by atoms with E-state index in [9.17, 15) is 5.26 Å². The van der Waals surface area contributed by atoms with Crippen LogP contribution in [0.4, 0.5) is 0 Å². The number of fused-ring (bicyclic) bond motifs is 1. The fourth-order valence-electron chi connectivity index (χ4n) is 2.28. The predicted octanol–water partition coefficient (Wildman–Crippen LogP) is 3.58. The number of hydrogen-bond acceptors (Lipinski definition) is 5. The Hall–Kier alpha value is -2.65. The zero-order valence-corrected chi connectivity index (χ0v) is 13.8. The minimum absolute atomic E-state index is 0.304. The van der Waals surface area contributed by atoms with Gasteiger partial charge in [0.05, 0.1) is 0 Å². The second kappa shape index (κ2) is 6.23. The van der Waals surface area contributed by atoms with E-state index >= 15 is 0 Å². The minimum atomic E-state index is 0.304. The number of thioether (sulfide) groups is 1. The van der Waals surface area contributed by atoms with E-state index in [1.54, 1.807) is 18.7 Å². The Morgan fingerprint density at radius 1 is 1.22 bits per heavy atom. The Morgan fingerprint density at radius 2 is 1.96 bits per heavy atom. The summed E-state index contributed by atoms with van der Waals surface area (Å²) >= 11 is 1.55. The number of nitriles is 1. The van der Waals surface area contributed by atoms with Crippen LogP contribution < -0.4 is 0 Å². The molecule has 5 nitrogen and oxygen atoms in total. The van der Waals surface area contributed by atoms with Gasteiger partial charge >= 0.3 is 0 Å². The second-order valence-electron chi connectivity index (χ2n) is 5.07. The summed E-state index contributed by atoms with van der Waals surface area (Å²) in [5.41, 5.74) is 3.64. The van der Waals surface area contributed by atoms with E-state index in [0.29, 0.717) is 22.7 Å². The number of hydrogen-bond donors (Lipinski definition) is 0. The van der Waals surface area contributed by atoms with Crippen molar-refractivity contribution in [3.8, 4) is 11.8 Å². The van der Waals surface area contributed by atoms with Crippen LogP contribution in [0, 0.1) is 25.2 Å². The van der Waals surface area contributed by atoms with E-state index in [0.717, 1.165) is 16.6 Å². The van der Waals surface area contributed by atoms with E-state index in [1.165, 1.54) is 5.56 Å². The average Bonchev–Trinajstić information content (AvgIpc) is 2.91. The van der Waals surface area contributed by atoms with Crippen molar-refractivity contribution in [2.24, 2.45) is 0 Å². The molecule has 0 saturated heterocycles. The fourth-order valence-corrected chi connectivity index (χ4v) is 3.03. The standard InChI is InChI=1S/C17H15N5S/c1-4-9-23-17-21-15-14(10-18)19-12(3)20-16(15)22(17)13-7-5-11(2)6-8-13/h4-8H,1,9H2,2-3H3. The normalized spacial score (nSPS) is 10.7. The first-order valence-electron chi connectivity index (χ1n) is 7.12. The van der Waals surface area contributed by atoms with Crippen LogP contribution in [-0.2, 0) is 0 Å². The van der Waals surface area contributed by atoms with Crippen molar-refractivity contribution in [3.63, 3.8) is 0 Å². The number of imidazole rings is 1. The maximum absolute atomic E-state index is 9.33. The van der Waals surface area contributed by atoms with Gasteiger partial charge < -0.3 is 0 Å². The van der Waals surface area contributed by atoms with Crippen LogP contribution in [0.5, 0.6) is 0 Å². The van der Waals surface area contributed by atoms with Crippen molar-refractivity contribution < 1.29 is 0 Å². The molecule has 0 aliphatic heterocycles. The summed E-state index contributed by atoms with van der Waals surface area (Å²) in [4.78, 5) is 13.3. The summed E-state index contributed by atoms with van der Waals surface area (Å²) in [6.45, 7) is 7.58. The van der Waals surface area contributed by atoms with Crippen LogP contribution in [-0.4, -0.2) is 25.3 Å². The molecule has 6 heteroatoms. The molecule has 23 heavy (non-hydrogen) atoms. The lowest BCUT2D eigenvalue weighted by molar-refractivity contribution is 0.905. The van der Waals surface area contributed by atoms with Crippen molar-refractivity contribution in [1.29, 1.82) is 5.26 Å². The summed E-state index contributed by atoms with van der Waals surface area (Å²) in [6, 6.07) is 10.3. The highest BCUT2D eigenvalue weighted by Crippen LogP contribution is 2.28. The lowest BCUT2D eigenvalue weighted by Crippen LogP contribution is -2.00. The van der Waals surface area contributed by atoms with E-state index in [1.807, 2.05) is 41.8 Å². The molecule has 0 spiro atoms. The molecule has 0 radical (unpaired) electrons. The van der Waals surface area contributed by atoms with Gasteiger partial charge in [0.15, 0.2) is 16.5 Å². The molecule has 0 fully saturated rings. The molecule has 0 unspecified atom stereocenters.